The van der Waals surface area contributed by atoms with Gasteiger partial charge in [-0.1, -0.05) is 19.9 Å². The second kappa shape index (κ2) is 5.98. The minimum Gasteiger partial charge on any atom is -0.494 e. The molecule has 0 aliphatic rings. The summed E-state index contributed by atoms with van der Waals surface area (Å²) in [7, 11) is 3.05. The topological polar surface area (TPSA) is 44.5 Å². The van der Waals surface area contributed by atoms with Crippen molar-refractivity contribution in [1.29, 1.82) is 0 Å². The molecule has 1 aromatic rings. The number of hydrogen-bond donors (Lipinski definition) is 1. The Morgan fingerprint density at radius 3 is 2.29 bits per heavy atom. The molecule has 4 heteroatoms. The fraction of sp³-hybridized carbons (Fsp3) is 0.538. The van der Waals surface area contributed by atoms with Crippen molar-refractivity contribution in [3.8, 4) is 5.75 Å². The molecule has 0 fully saturated rings. The fourth-order valence-electron chi connectivity index (χ4n) is 1.91. The van der Waals surface area contributed by atoms with Crippen LogP contribution < -0.4 is 10.5 Å². The Morgan fingerprint density at radius 2 is 1.88 bits per heavy atom. The predicted octanol–water partition coefficient (Wildman–Crippen LogP) is 2.51. The third-order valence-electron chi connectivity index (χ3n) is 2.84. The van der Waals surface area contributed by atoms with Crippen LogP contribution in [0, 0.1) is 11.7 Å². The summed E-state index contributed by atoms with van der Waals surface area (Å²) in [5.74, 6) is 0.0821. The Hall–Kier alpha value is -1.13. The molecule has 0 aliphatic carbocycles. The van der Waals surface area contributed by atoms with Crippen molar-refractivity contribution in [3.05, 3.63) is 29.6 Å². The van der Waals surface area contributed by atoms with Crippen LogP contribution in [0.1, 0.15) is 25.5 Å². The molecule has 0 radical (unpaired) electrons. The van der Waals surface area contributed by atoms with Crippen LogP contribution >= 0.6 is 0 Å². The monoisotopic (exact) mass is 241 g/mol. The van der Waals surface area contributed by atoms with Crippen molar-refractivity contribution >= 4 is 0 Å². The van der Waals surface area contributed by atoms with Crippen molar-refractivity contribution in [2.45, 2.75) is 26.0 Å². The Bertz CT molecular complexity index is 368. The lowest BCUT2D eigenvalue weighted by Crippen LogP contribution is -2.32. The third kappa shape index (κ3) is 3.17. The number of ether oxygens (including phenoxy) is 2. The van der Waals surface area contributed by atoms with E-state index in [0.29, 0.717) is 5.56 Å². The fourth-order valence-corrected chi connectivity index (χ4v) is 1.91. The Balaban J connectivity index is 2.95. The molecule has 2 unspecified atom stereocenters. The van der Waals surface area contributed by atoms with E-state index in [1.165, 1.54) is 13.2 Å². The van der Waals surface area contributed by atoms with E-state index in [-0.39, 0.29) is 23.8 Å². The standard InChI is InChI=1S/C13H20FNO2/c1-8(2)13(17-4)12(15)9-5-6-11(16-3)10(14)7-9/h5-8,12-13H,15H2,1-4H3. The molecule has 1 aromatic carbocycles. The first-order valence-corrected chi connectivity index (χ1v) is 5.63. The lowest BCUT2D eigenvalue weighted by molar-refractivity contribution is 0.0436. The van der Waals surface area contributed by atoms with Gasteiger partial charge in [-0.3, -0.25) is 0 Å². The summed E-state index contributed by atoms with van der Waals surface area (Å²) in [6, 6.07) is 4.40. The lowest BCUT2D eigenvalue weighted by Gasteiger charge is -2.26. The maximum Gasteiger partial charge on any atom is 0.165 e. The minimum absolute atomic E-state index is 0.136. The first-order valence-electron chi connectivity index (χ1n) is 5.63. The highest BCUT2D eigenvalue weighted by molar-refractivity contribution is 5.31. The zero-order chi connectivity index (χ0) is 13.0. The minimum atomic E-state index is -0.404. The lowest BCUT2D eigenvalue weighted by atomic mass is 9.94. The van der Waals surface area contributed by atoms with Crippen LogP contribution in [0.4, 0.5) is 4.39 Å². The van der Waals surface area contributed by atoms with E-state index in [1.807, 2.05) is 13.8 Å². The summed E-state index contributed by atoms with van der Waals surface area (Å²) in [5.41, 5.74) is 6.79. The first kappa shape index (κ1) is 13.9. The number of benzene rings is 1. The van der Waals surface area contributed by atoms with Gasteiger partial charge in [0, 0.05) is 7.11 Å². The number of hydrogen-bond acceptors (Lipinski definition) is 3. The molecule has 1 rings (SSSR count). The number of halogens is 1. The average molecular weight is 241 g/mol. The molecule has 0 saturated heterocycles. The molecule has 3 nitrogen and oxygen atoms in total. The summed E-state index contributed by atoms with van der Waals surface area (Å²) < 4.78 is 23.8. The Kier molecular flexibility index (Phi) is 4.90. The van der Waals surface area contributed by atoms with Gasteiger partial charge in [0.05, 0.1) is 19.3 Å². The second-order valence-electron chi connectivity index (χ2n) is 4.36. The summed E-state index contributed by atoms with van der Waals surface area (Å²) in [4.78, 5) is 0. The molecule has 0 spiro atoms. The zero-order valence-electron chi connectivity index (χ0n) is 10.7. The van der Waals surface area contributed by atoms with Crippen LogP contribution in [0.15, 0.2) is 18.2 Å². The quantitative estimate of drug-likeness (QED) is 0.861. The molecule has 2 N–H and O–H groups in total. The van der Waals surface area contributed by atoms with Crippen LogP contribution in [0.5, 0.6) is 5.75 Å². The highest BCUT2D eigenvalue weighted by Gasteiger charge is 2.23. The zero-order valence-corrected chi connectivity index (χ0v) is 10.7. The van der Waals surface area contributed by atoms with E-state index in [2.05, 4.69) is 0 Å². The van der Waals surface area contributed by atoms with Gasteiger partial charge in [0.25, 0.3) is 0 Å². The molecule has 0 aromatic heterocycles. The van der Waals surface area contributed by atoms with Gasteiger partial charge in [-0.15, -0.1) is 0 Å². The van der Waals surface area contributed by atoms with Crippen LogP contribution in [0.2, 0.25) is 0 Å². The van der Waals surface area contributed by atoms with Crippen molar-refractivity contribution in [2.75, 3.05) is 14.2 Å². The number of nitrogens with two attached hydrogens (primary N) is 1. The third-order valence-corrected chi connectivity index (χ3v) is 2.84. The number of methoxy groups -OCH3 is 2. The average Bonchev–Trinajstić information content (AvgIpc) is 2.29. The smallest absolute Gasteiger partial charge is 0.165 e. The van der Waals surface area contributed by atoms with E-state index in [9.17, 15) is 4.39 Å². The number of rotatable bonds is 5. The van der Waals surface area contributed by atoms with E-state index in [4.69, 9.17) is 15.2 Å². The Labute approximate surface area is 102 Å². The molecular formula is C13H20FNO2. The van der Waals surface area contributed by atoms with Crippen molar-refractivity contribution in [1.82, 2.24) is 0 Å². The van der Waals surface area contributed by atoms with Crippen LogP contribution in [-0.2, 0) is 4.74 Å². The molecule has 2 atom stereocenters. The van der Waals surface area contributed by atoms with Crippen molar-refractivity contribution in [3.63, 3.8) is 0 Å². The second-order valence-corrected chi connectivity index (χ2v) is 4.36. The van der Waals surface area contributed by atoms with Gasteiger partial charge in [-0.05, 0) is 23.6 Å². The molecule has 0 bridgehead atoms. The van der Waals surface area contributed by atoms with E-state index >= 15 is 0 Å². The predicted molar refractivity (Wildman–Crippen MR) is 65.5 cm³/mol. The molecule has 0 amide bonds. The van der Waals surface area contributed by atoms with Crippen LogP contribution in [0.3, 0.4) is 0 Å². The molecule has 0 aliphatic heterocycles. The van der Waals surface area contributed by atoms with E-state index in [1.54, 1.807) is 19.2 Å². The molecule has 0 heterocycles. The SMILES string of the molecule is COc1ccc(C(N)C(OC)C(C)C)cc1F. The van der Waals surface area contributed by atoms with Gasteiger partial charge in [-0.2, -0.15) is 0 Å². The molecule has 96 valence electrons. The van der Waals surface area contributed by atoms with Crippen molar-refractivity contribution in [2.24, 2.45) is 11.7 Å². The van der Waals surface area contributed by atoms with E-state index < -0.39 is 5.82 Å². The van der Waals surface area contributed by atoms with E-state index in [0.717, 1.165) is 0 Å². The van der Waals surface area contributed by atoms with Gasteiger partial charge < -0.3 is 15.2 Å². The van der Waals surface area contributed by atoms with Gasteiger partial charge in [-0.25, -0.2) is 4.39 Å². The maximum absolute atomic E-state index is 13.6. The summed E-state index contributed by atoms with van der Waals surface area (Å²) in [6.45, 7) is 4.04. The normalized spacial score (nSPS) is 14.8. The van der Waals surface area contributed by atoms with Crippen LogP contribution in [0.25, 0.3) is 0 Å². The highest BCUT2D eigenvalue weighted by Crippen LogP contribution is 2.26. The summed E-state index contributed by atoms with van der Waals surface area (Å²) in [5, 5.41) is 0. The summed E-state index contributed by atoms with van der Waals surface area (Å²) in [6.07, 6.45) is -0.136. The van der Waals surface area contributed by atoms with Crippen molar-refractivity contribution < 1.29 is 13.9 Å². The molecular weight excluding hydrogens is 221 g/mol. The van der Waals surface area contributed by atoms with Gasteiger partial charge in [0.2, 0.25) is 0 Å². The van der Waals surface area contributed by atoms with Crippen LogP contribution in [-0.4, -0.2) is 20.3 Å². The molecule has 0 saturated carbocycles. The van der Waals surface area contributed by atoms with Gasteiger partial charge in [0.15, 0.2) is 11.6 Å². The molecule has 17 heavy (non-hydrogen) atoms. The maximum atomic E-state index is 13.6. The largest absolute Gasteiger partial charge is 0.494 e. The Morgan fingerprint density at radius 1 is 1.24 bits per heavy atom. The van der Waals surface area contributed by atoms with Gasteiger partial charge >= 0.3 is 0 Å². The van der Waals surface area contributed by atoms with Gasteiger partial charge in [0.1, 0.15) is 0 Å². The first-order chi connectivity index (χ1) is 8.01. The highest BCUT2D eigenvalue weighted by atomic mass is 19.1. The summed E-state index contributed by atoms with van der Waals surface area (Å²) >= 11 is 0.